The molecule has 0 N–H and O–H groups in total. The zero-order valence-electron chi connectivity index (χ0n) is 16.7. The first-order valence-electron chi connectivity index (χ1n) is 10.2. The highest BCUT2D eigenvalue weighted by molar-refractivity contribution is 5.94. The highest BCUT2D eigenvalue weighted by atomic mass is 19.1. The Bertz CT molecular complexity index is 851. The molecule has 1 aromatic carbocycles. The maximum absolute atomic E-state index is 13.9. The molecule has 0 unspecified atom stereocenters. The van der Waals surface area contributed by atoms with E-state index in [9.17, 15) is 9.18 Å². The third kappa shape index (κ3) is 3.64. The van der Waals surface area contributed by atoms with Gasteiger partial charge in [0.25, 0.3) is 5.91 Å². The van der Waals surface area contributed by atoms with Crippen molar-refractivity contribution in [1.82, 2.24) is 14.5 Å². The summed E-state index contributed by atoms with van der Waals surface area (Å²) in [5, 5.41) is 0. The molecule has 2 aliphatic rings. The first kappa shape index (κ1) is 19.0. The van der Waals surface area contributed by atoms with Gasteiger partial charge in [-0.3, -0.25) is 4.79 Å². The molecule has 2 heterocycles. The number of ether oxygens (including phenoxy) is 1. The number of carbonyl (C=O) groups excluding carboxylic acids is 1. The van der Waals surface area contributed by atoms with Crippen LogP contribution in [0, 0.1) is 18.7 Å². The summed E-state index contributed by atoms with van der Waals surface area (Å²) in [6.07, 6.45) is 7.73. The highest BCUT2D eigenvalue weighted by Gasteiger charge is 2.28. The number of amides is 1. The van der Waals surface area contributed by atoms with Gasteiger partial charge in [0.2, 0.25) is 0 Å². The van der Waals surface area contributed by atoms with E-state index in [1.165, 1.54) is 50.0 Å². The number of halogens is 1. The van der Waals surface area contributed by atoms with Gasteiger partial charge in [0.05, 0.1) is 7.11 Å². The molecule has 0 bridgehead atoms. The maximum atomic E-state index is 13.9. The van der Waals surface area contributed by atoms with Crippen molar-refractivity contribution >= 4 is 5.91 Å². The molecule has 1 aromatic heterocycles. The van der Waals surface area contributed by atoms with E-state index in [1.54, 1.807) is 6.07 Å². The Kier molecular flexibility index (Phi) is 5.38. The van der Waals surface area contributed by atoms with E-state index in [0.717, 1.165) is 19.4 Å². The molecule has 150 valence electrons. The van der Waals surface area contributed by atoms with E-state index < -0.39 is 5.82 Å². The topological polar surface area (TPSA) is 47.4 Å². The molecule has 2 aromatic rings. The van der Waals surface area contributed by atoms with Crippen LogP contribution in [0.4, 0.5) is 4.39 Å². The predicted octanol–water partition coefficient (Wildman–Crippen LogP) is 4.16. The molecule has 2 fully saturated rings. The molecular formula is C22H28FN3O2. The van der Waals surface area contributed by atoms with Gasteiger partial charge < -0.3 is 14.2 Å². The van der Waals surface area contributed by atoms with Crippen molar-refractivity contribution in [3.63, 3.8) is 0 Å². The molecule has 0 radical (unpaired) electrons. The number of aromatic nitrogens is 2. The largest absolute Gasteiger partial charge is 0.494 e. The monoisotopic (exact) mass is 385 g/mol. The summed E-state index contributed by atoms with van der Waals surface area (Å²) >= 11 is 0. The predicted molar refractivity (Wildman–Crippen MR) is 105 cm³/mol. The van der Waals surface area contributed by atoms with Gasteiger partial charge in [-0.05, 0) is 56.7 Å². The number of likely N-dealkylation sites (tertiary alicyclic amines) is 1. The number of imidazole rings is 1. The van der Waals surface area contributed by atoms with Crippen LogP contribution in [0.15, 0.2) is 24.4 Å². The van der Waals surface area contributed by atoms with Gasteiger partial charge >= 0.3 is 0 Å². The average molecular weight is 385 g/mol. The summed E-state index contributed by atoms with van der Waals surface area (Å²) < 4.78 is 21.2. The molecule has 1 amide bonds. The Hall–Kier alpha value is -2.37. The van der Waals surface area contributed by atoms with Crippen LogP contribution in [0.3, 0.4) is 0 Å². The minimum absolute atomic E-state index is 0.103. The van der Waals surface area contributed by atoms with Gasteiger partial charge in [-0.2, -0.15) is 0 Å². The van der Waals surface area contributed by atoms with Crippen LogP contribution in [0.25, 0.3) is 0 Å². The average Bonchev–Trinajstić information content (AvgIpc) is 3.01. The Morgan fingerprint density at radius 3 is 2.61 bits per heavy atom. The Morgan fingerprint density at radius 1 is 1.25 bits per heavy atom. The molecule has 5 nitrogen and oxygen atoms in total. The molecule has 1 saturated heterocycles. The molecule has 6 heteroatoms. The molecule has 0 spiro atoms. The third-order valence-corrected chi connectivity index (χ3v) is 6.30. The zero-order chi connectivity index (χ0) is 19.7. The van der Waals surface area contributed by atoms with E-state index in [0.29, 0.717) is 30.5 Å². The first-order chi connectivity index (χ1) is 13.6. The van der Waals surface area contributed by atoms with Crippen molar-refractivity contribution < 1.29 is 13.9 Å². The zero-order valence-corrected chi connectivity index (χ0v) is 16.7. The molecule has 1 aliphatic heterocycles. The molecule has 0 atom stereocenters. The van der Waals surface area contributed by atoms with Gasteiger partial charge in [0.1, 0.15) is 5.82 Å². The second-order valence-corrected chi connectivity index (χ2v) is 8.08. The summed E-state index contributed by atoms with van der Waals surface area (Å²) in [5.41, 5.74) is 1.61. The van der Waals surface area contributed by atoms with E-state index >= 15 is 0 Å². The lowest BCUT2D eigenvalue weighted by Crippen LogP contribution is -2.39. The van der Waals surface area contributed by atoms with Crippen molar-refractivity contribution in [2.75, 3.05) is 20.2 Å². The number of benzene rings is 1. The number of hydrogen-bond donors (Lipinski definition) is 0. The van der Waals surface area contributed by atoms with Crippen LogP contribution in [0.1, 0.15) is 59.9 Å². The maximum Gasteiger partial charge on any atom is 0.253 e. The lowest BCUT2D eigenvalue weighted by Gasteiger charge is -2.33. The fraction of sp³-hybridized carbons (Fsp3) is 0.545. The Labute approximate surface area is 165 Å². The SMILES string of the molecule is COc1ccc(C(=O)N2CCC(Cn3c(C)cnc3C3CCC3)CC2)cc1F. The first-order valence-corrected chi connectivity index (χ1v) is 10.2. The molecular weight excluding hydrogens is 357 g/mol. The number of nitrogens with zero attached hydrogens (tertiary/aromatic N) is 3. The van der Waals surface area contributed by atoms with Crippen molar-refractivity contribution in [2.24, 2.45) is 5.92 Å². The molecule has 28 heavy (non-hydrogen) atoms. The van der Waals surface area contributed by atoms with E-state index in [4.69, 9.17) is 4.74 Å². The van der Waals surface area contributed by atoms with Crippen LogP contribution in [0.2, 0.25) is 0 Å². The molecule has 1 aliphatic carbocycles. The molecule has 1 saturated carbocycles. The van der Waals surface area contributed by atoms with E-state index in [2.05, 4.69) is 16.5 Å². The quantitative estimate of drug-likeness (QED) is 0.776. The number of methoxy groups -OCH3 is 1. The van der Waals surface area contributed by atoms with Crippen LogP contribution >= 0.6 is 0 Å². The lowest BCUT2D eigenvalue weighted by molar-refractivity contribution is 0.0681. The van der Waals surface area contributed by atoms with Crippen molar-refractivity contribution in [2.45, 2.75) is 51.5 Å². The van der Waals surface area contributed by atoms with Crippen molar-refractivity contribution in [3.05, 3.63) is 47.3 Å². The Balaban J connectivity index is 1.37. The second kappa shape index (κ2) is 7.94. The van der Waals surface area contributed by atoms with Gasteiger partial charge in [0, 0.05) is 43.0 Å². The van der Waals surface area contributed by atoms with E-state index in [1.807, 2.05) is 11.1 Å². The van der Waals surface area contributed by atoms with Crippen LogP contribution in [-0.2, 0) is 6.54 Å². The van der Waals surface area contributed by atoms with Crippen LogP contribution in [-0.4, -0.2) is 40.6 Å². The summed E-state index contributed by atoms with van der Waals surface area (Å²) in [4.78, 5) is 19.2. The fourth-order valence-electron chi connectivity index (χ4n) is 4.27. The Morgan fingerprint density at radius 2 is 2.00 bits per heavy atom. The summed E-state index contributed by atoms with van der Waals surface area (Å²) in [7, 11) is 1.42. The number of hydrogen-bond acceptors (Lipinski definition) is 3. The van der Waals surface area contributed by atoms with Gasteiger partial charge in [-0.25, -0.2) is 9.37 Å². The lowest BCUT2D eigenvalue weighted by atomic mass is 9.84. The van der Waals surface area contributed by atoms with Gasteiger partial charge in [-0.1, -0.05) is 6.42 Å². The summed E-state index contributed by atoms with van der Waals surface area (Å²) in [5.74, 6) is 1.98. The smallest absolute Gasteiger partial charge is 0.253 e. The van der Waals surface area contributed by atoms with Gasteiger partial charge in [0.15, 0.2) is 11.6 Å². The number of rotatable bonds is 5. The minimum atomic E-state index is -0.498. The summed E-state index contributed by atoms with van der Waals surface area (Å²) in [6, 6.07) is 4.42. The number of piperidine rings is 1. The van der Waals surface area contributed by atoms with Crippen LogP contribution in [0.5, 0.6) is 5.75 Å². The number of aryl methyl sites for hydroxylation is 1. The second-order valence-electron chi connectivity index (χ2n) is 8.08. The highest BCUT2D eigenvalue weighted by Crippen LogP contribution is 2.36. The molecule has 4 rings (SSSR count). The van der Waals surface area contributed by atoms with E-state index in [-0.39, 0.29) is 11.7 Å². The third-order valence-electron chi connectivity index (χ3n) is 6.30. The van der Waals surface area contributed by atoms with Gasteiger partial charge in [-0.15, -0.1) is 0 Å². The van der Waals surface area contributed by atoms with Crippen LogP contribution < -0.4 is 4.74 Å². The normalized spacial score (nSPS) is 18.2. The van der Waals surface area contributed by atoms with Crippen molar-refractivity contribution in [3.8, 4) is 5.75 Å². The standard InChI is InChI=1S/C22H28FN3O2/c1-15-13-24-21(17-4-3-5-17)26(15)14-16-8-10-25(11-9-16)22(27)18-6-7-20(28-2)19(23)12-18/h6-7,12-13,16-17H,3-5,8-11,14H2,1-2H3. The van der Waals surface area contributed by atoms with Crippen molar-refractivity contribution in [1.29, 1.82) is 0 Å². The minimum Gasteiger partial charge on any atom is -0.494 e. The number of carbonyl (C=O) groups is 1. The summed E-state index contributed by atoms with van der Waals surface area (Å²) in [6.45, 7) is 4.54. The fourth-order valence-corrected chi connectivity index (χ4v) is 4.27.